The fourth-order valence-electron chi connectivity index (χ4n) is 4.46. The molecule has 8 heteroatoms. The normalized spacial score (nSPS) is 13.0. The van der Waals surface area contributed by atoms with E-state index in [1.54, 1.807) is 26.1 Å². The monoisotopic (exact) mass is 476 g/mol. The molecule has 1 aliphatic rings. The number of nitrogens with one attached hydrogen (secondary N) is 1. The molecule has 0 aliphatic heterocycles. The second kappa shape index (κ2) is 10.5. The van der Waals surface area contributed by atoms with E-state index in [9.17, 15) is 14.4 Å². The van der Waals surface area contributed by atoms with Crippen LogP contribution in [0.2, 0.25) is 0 Å². The standard InChI is InChI=1S/C27H28N2O6/c1-17-11-12-18(35-17)15-29(2)26(32)24(13-14-25(30)31)28-27(33)34-16-23-21-9-5-3-7-19(21)20-8-4-6-10-22(20)23/h3-12,23-24H,13-16H2,1-2H3,(H,28,33)(H,30,31). The number of carbonyl (C=O) groups excluding carboxylic acids is 2. The molecule has 1 unspecified atom stereocenters. The minimum absolute atomic E-state index is 0.0557. The molecule has 8 nitrogen and oxygen atoms in total. The number of ether oxygens (including phenoxy) is 1. The lowest BCUT2D eigenvalue weighted by Crippen LogP contribution is -2.47. The summed E-state index contributed by atoms with van der Waals surface area (Å²) in [5.74, 6) is -0.280. The van der Waals surface area contributed by atoms with E-state index >= 15 is 0 Å². The molecular weight excluding hydrogens is 448 g/mol. The second-order valence-electron chi connectivity index (χ2n) is 8.66. The zero-order valence-corrected chi connectivity index (χ0v) is 19.7. The van der Waals surface area contributed by atoms with Gasteiger partial charge in [0.1, 0.15) is 24.2 Å². The zero-order chi connectivity index (χ0) is 24.9. The van der Waals surface area contributed by atoms with Gasteiger partial charge in [0.15, 0.2) is 0 Å². The van der Waals surface area contributed by atoms with Crippen LogP contribution >= 0.6 is 0 Å². The second-order valence-corrected chi connectivity index (χ2v) is 8.66. The summed E-state index contributed by atoms with van der Waals surface area (Å²) in [6, 6.07) is 18.5. The molecule has 0 spiro atoms. The predicted molar refractivity (Wildman–Crippen MR) is 129 cm³/mol. The predicted octanol–water partition coefficient (Wildman–Crippen LogP) is 4.32. The van der Waals surface area contributed by atoms with E-state index in [-0.39, 0.29) is 31.9 Å². The Labute approximate surface area is 203 Å². The molecule has 1 heterocycles. The van der Waals surface area contributed by atoms with Gasteiger partial charge >= 0.3 is 12.1 Å². The number of benzene rings is 2. The van der Waals surface area contributed by atoms with Crippen LogP contribution in [0.4, 0.5) is 4.79 Å². The Bertz CT molecular complexity index is 1190. The fraction of sp³-hybridized carbons (Fsp3) is 0.296. The van der Waals surface area contributed by atoms with Crippen LogP contribution in [-0.2, 0) is 20.9 Å². The molecule has 1 aromatic heterocycles. The SMILES string of the molecule is Cc1ccc(CN(C)C(=O)C(CCC(=O)O)NC(=O)OCC2c3ccccc3-c3ccccc32)o1. The Morgan fingerprint density at radius 1 is 1.03 bits per heavy atom. The summed E-state index contributed by atoms with van der Waals surface area (Å²) in [6.45, 7) is 2.10. The molecule has 3 aromatic rings. The molecule has 1 atom stereocenters. The maximum atomic E-state index is 13.0. The highest BCUT2D eigenvalue weighted by molar-refractivity contribution is 5.86. The van der Waals surface area contributed by atoms with Gasteiger partial charge in [-0.25, -0.2) is 4.79 Å². The van der Waals surface area contributed by atoms with Gasteiger partial charge < -0.3 is 24.5 Å². The molecule has 2 amide bonds. The maximum absolute atomic E-state index is 13.0. The molecule has 0 radical (unpaired) electrons. The number of amides is 2. The summed E-state index contributed by atoms with van der Waals surface area (Å²) in [5, 5.41) is 11.7. The number of fused-ring (bicyclic) bond motifs is 3. The number of likely N-dealkylation sites (N-methyl/N-ethyl adjacent to an activating group) is 1. The quantitative estimate of drug-likeness (QED) is 0.476. The van der Waals surface area contributed by atoms with Crippen LogP contribution in [-0.4, -0.2) is 47.7 Å². The van der Waals surface area contributed by atoms with Crippen LogP contribution < -0.4 is 5.32 Å². The van der Waals surface area contributed by atoms with E-state index in [0.29, 0.717) is 5.76 Å². The van der Waals surface area contributed by atoms with Crippen LogP contribution in [0.3, 0.4) is 0 Å². The van der Waals surface area contributed by atoms with Crippen molar-refractivity contribution in [3.8, 4) is 11.1 Å². The van der Waals surface area contributed by atoms with Crippen molar-refractivity contribution in [3.63, 3.8) is 0 Å². The van der Waals surface area contributed by atoms with E-state index < -0.39 is 24.0 Å². The maximum Gasteiger partial charge on any atom is 0.407 e. The van der Waals surface area contributed by atoms with E-state index in [1.165, 1.54) is 4.90 Å². The van der Waals surface area contributed by atoms with E-state index in [0.717, 1.165) is 28.0 Å². The van der Waals surface area contributed by atoms with Crippen LogP contribution in [0.25, 0.3) is 11.1 Å². The van der Waals surface area contributed by atoms with E-state index in [1.807, 2.05) is 48.5 Å². The number of hydrogen-bond donors (Lipinski definition) is 2. The first-order chi connectivity index (χ1) is 16.8. The van der Waals surface area contributed by atoms with E-state index in [4.69, 9.17) is 14.3 Å². The molecule has 1 aliphatic carbocycles. The average Bonchev–Trinajstić information content (AvgIpc) is 3.40. The highest BCUT2D eigenvalue weighted by Crippen LogP contribution is 2.44. The van der Waals surface area contributed by atoms with Crippen molar-refractivity contribution < 1.29 is 28.6 Å². The first-order valence-electron chi connectivity index (χ1n) is 11.5. The summed E-state index contributed by atoms with van der Waals surface area (Å²) >= 11 is 0. The number of aryl methyl sites for hydroxylation is 1. The molecule has 4 rings (SSSR count). The zero-order valence-electron chi connectivity index (χ0n) is 19.7. The number of nitrogens with zero attached hydrogens (tertiary/aromatic N) is 1. The van der Waals surface area contributed by atoms with E-state index in [2.05, 4.69) is 5.32 Å². The van der Waals surface area contributed by atoms with Crippen molar-refractivity contribution in [2.24, 2.45) is 0 Å². The van der Waals surface area contributed by atoms with Crippen molar-refractivity contribution in [2.45, 2.75) is 38.3 Å². The Morgan fingerprint density at radius 2 is 1.66 bits per heavy atom. The van der Waals surface area contributed by atoms with Crippen molar-refractivity contribution in [1.29, 1.82) is 0 Å². The number of rotatable bonds is 9. The first-order valence-corrected chi connectivity index (χ1v) is 11.5. The van der Waals surface area contributed by atoms with Gasteiger partial charge in [0.05, 0.1) is 6.54 Å². The molecule has 0 saturated carbocycles. The van der Waals surface area contributed by atoms with Gasteiger partial charge in [-0.2, -0.15) is 0 Å². The number of alkyl carbamates (subject to hydrolysis) is 1. The Hall–Kier alpha value is -4.07. The van der Waals surface area contributed by atoms with Gasteiger partial charge in [0.2, 0.25) is 5.91 Å². The molecule has 35 heavy (non-hydrogen) atoms. The van der Waals surface area contributed by atoms with Gasteiger partial charge in [-0.05, 0) is 47.7 Å². The Morgan fingerprint density at radius 3 is 2.23 bits per heavy atom. The number of hydrogen-bond acceptors (Lipinski definition) is 5. The largest absolute Gasteiger partial charge is 0.481 e. The average molecular weight is 477 g/mol. The third kappa shape index (κ3) is 5.54. The molecular formula is C27H28N2O6. The third-order valence-corrected chi connectivity index (χ3v) is 6.15. The van der Waals surface area contributed by atoms with Gasteiger partial charge in [0.25, 0.3) is 0 Å². The van der Waals surface area contributed by atoms with Crippen molar-refractivity contribution in [2.75, 3.05) is 13.7 Å². The van der Waals surface area contributed by atoms with Crippen LogP contribution in [0.1, 0.15) is 41.4 Å². The van der Waals surface area contributed by atoms with Crippen molar-refractivity contribution in [1.82, 2.24) is 10.2 Å². The summed E-state index contributed by atoms with van der Waals surface area (Å²) in [4.78, 5) is 38.2. The van der Waals surface area contributed by atoms with Gasteiger partial charge in [-0.1, -0.05) is 48.5 Å². The van der Waals surface area contributed by atoms with Gasteiger partial charge in [0, 0.05) is 19.4 Å². The smallest absolute Gasteiger partial charge is 0.407 e. The number of carboxylic acid groups (broad SMARTS) is 1. The lowest BCUT2D eigenvalue weighted by molar-refractivity contribution is -0.138. The Balaban J connectivity index is 1.41. The summed E-state index contributed by atoms with van der Waals surface area (Å²) < 4.78 is 11.1. The molecule has 2 aromatic carbocycles. The number of carbonyl (C=O) groups is 3. The fourth-order valence-corrected chi connectivity index (χ4v) is 4.46. The van der Waals surface area contributed by atoms with Crippen LogP contribution in [0.15, 0.2) is 65.1 Å². The number of aliphatic carboxylic acids is 1. The Kier molecular flexibility index (Phi) is 7.19. The van der Waals surface area contributed by atoms with Gasteiger partial charge in [-0.3, -0.25) is 9.59 Å². The van der Waals surface area contributed by atoms with Crippen molar-refractivity contribution in [3.05, 3.63) is 83.3 Å². The minimum Gasteiger partial charge on any atom is -0.481 e. The van der Waals surface area contributed by atoms with Gasteiger partial charge in [-0.15, -0.1) is 0 Å². The van der Waals surface area contributed by atoms with Crippen molar-refractivity contribution >= 4 is 18.0 Å². The number of furan rings is 1. The highest BCUT2D eigenvalue weighted by Gasteiger charge is 2.30. The molecule has 182 valence electrons. The highest BCUT2D eigenvalue weighted by atomic mass is 16.5. The minimum atomic E-state index is -1.05. The molecule has 2 N–H and O–H groups in total. The summed E-state index contributed by atoms with van der Waals surface area (Å²) in [7, 11) is 1.58. The van der Waals surface area contributed by atoms with Crippen LogP contribution in [0.5, 0.6) is 0 Å². The summed E-state index contributed by atoms with van der Waals surface area (Å²) in [5.41, 5.74) is 4.38. The molecule has 0 bridgehead atoms. The molecule has 0 fully saturated rings. The molecule has 0 saturated heterocycles. The first kappa shape index (κ1) is 24.1. The van der Waals surface area contributed by atoms with Crippen LogP contribution in [0, 0.1) is 6.92 Å². The third-order valence-electron chi connectivity index (χ3n) is 6.15. The lowest BCUT2D eigenvalue weighted by atomic mass is 9.98. The summed E-state index contributed by atoms with van der Waals surface area (Å²) in [6.07, 6.45) is -1.09. The topological polar surface area (TPSA) is 109 Å². The lowest BCUT2D eigenvalue weighted by Gasteiger charge is -2.24. The number of carboxylic acids is 1.